The predicted octanol–water partition coefficient (Wildman–Crippen LogP) is -0.694. The normalized spacial score (nSPS) is 13.7. The molecule has 0 aromatic carbocycles. The summed E-state index contributed by atoms with van der Waals surface area (Å²) >= 11 is 0. The number of hydrogen-bond donors (Lipinski definition) is 3. The van der Waals surface area contributed by atoms with E-state index in [-0.39, 0.29) is 6.10 Å². The van der Waals surface area contributed by atoms with Gasteiger partial charge in [-0.2, -0.15) is 0 Å². The van der Waals surface area contributed by atoms with E-state index in [2.05, 4.69) is 5.32 Å². The summed E-state index contributed by atoms with van der Waals surface area (Å²) in [7, 11) is 0. The molecule has 0 rings (SSSR count). The number of aliphatic hydroxyl groups is 1. The van der Waals surface area contributed by atoms with Crippen LogP contribution in [-0.2, 0) is 0 Å². The second kappa shape index (κ2) is 6.01. The summed E-state index contributed by atoms with van der Waals surface area (Å²) in [5, 5.41) is 12.0. The Morgan fingerprint density at radius 2 is 2.33 bits per heavy atom. The van der Waals surface area contributed by atoms with Gasteiger partial charge in [0.2, 0.25) is 0 Å². The lowest BCUT2D eigenvalue weighted by molar-refractivity contribution is 0.168. The molecule has 4 N–H and O–H groups in total. The molecule has 3 heteroatoms. The fourth-order valence-electron chi connectivity index (χ4n) is 0.515. The minimum Gasteiger partial charge on any atom is -0.392 e. The molecule has 3 nitrogen and oxygen atoms in total. The van der Waals surface area contributed by atoms with Gasteiger partial charge in [-0.1, -0.05) is 6.92 Å². The van der Waals surface area contributed by atoms with E-state index >= 15 is 0 Å². The summed E-state index contributed by atoms with van der Waals surface area (Å²) in [6.07, 6.45) is 0.592. The smallest absolute Gasteiger partial charge is 0.0662 e. The Balaban J connectivity index is 2.88. The van der Waals surface area contributed by atoms with Gasteiger partial charge in [-0.25, -0.2) is 0 Å². The SMILES string of the molecule is CC[C@H](O)CNCCN. The number of aliphatic hydroxyl groups excluding tert-OH is 1. The number of nitrogens with two attached hydrogens (primary N) is 1. The Morgan fingerprint density at radius 1 is 1.67 bits per heavy atom. The van der Waals surface area contributed by atoms with E-state index < -0.39 is 0 Å². The van der Waals surface area contributed by atoms with Gasteiger partial charge < -0.3 is 16.2 Å². The van der Waals surface area contributed by atoms with Crippen molar-refractivity contribution in [2.24, 2.45) is 5.73 Å². The molecule has 0 aromatic rings. The fourth-order valence-corrected chi connectivity index (χ4v) is 0.515. The topological polar surface area (TPSA) is 58.3 Å². The second-order valence-corrected chi connectivity index (χ2v) is 2.05. The third-order valence-electron chi connectivity index (χ3n) is 1.17. The maximum absolute atomic E-state index is 8.98. The minimum absolute atomic E-state index is 0.212. The summed E-state index contributed by atoms with van der Waals surface area (Å²) in [4.78, 5) is 0. The molecule has 0 fully saturated rings. The van der Waals surface area contributed by atoms with Crippen LogP contribution in [0.1, 0.15) is 13.3 Å². The molecule has 0 radical (unpaired) electrons. The molecule has 0 bridgehead atoms. The van der Waals surface area contributed by atoms with E-state index in [1.807, 2.05) is 6.92 Å². The van der Waals surface area contributed by atoms with Crippen molar-refractivity contribution >= 4 is 0 Å². The highest BCUT2D eigenvalue weighted by Crippen LogP contribution is 1.84. The maximum atomic E-state index is 8.98. The Morgan fingerprint density at radius 3 is 2.78 bits per heavy atom. The Labute approximate surface area is 56.2 Å². The van der Waals surface area contributed by atoms with Gasteiger partial charge in [-0.15, -0.1) is 0 Å². The van der Waals surface area contributed by atoms with Crippen molar-refractivity contribution in [3.8, 4) is 0 Å². The van der Waals surface area contributed by atoms with Crippen molar-refractivity contribution in [2.45, 2.75) is 19.4 Å². The number of rotatable bonds is 5. The second-order valence-electron chi connectivity index (χ2n) is 2.05. The first kappa shape index (κ1) is 8.88. The van der Waals surface area contributed by atoms with Crippen LogP contribution in [0.25, 0.3) is 0 Å². The summed E-state index contributed by atoms with van der Waals surface area (Å²) in [5.74, 6) is 0. The first-order valence-corrected chi connectivity index (χ1v) is 3.40. The molecule has 0 heterocycles. The van der Waals surface area contributed by atoms with Crippen molar-refractivity contribution in [2.75, 3.05) is 19.6 Å². The molecule has 0 aliphatic rings. The zero-order valence-electron chi connectivity index (χ0n) is 5.93. The average molecular weight is 132 g/mol. The molecule has 9 heavy (non-hydrogen) atoms. The fraction of sp³-hybridized carbons (Fsp3) is 1.00. The van der Waals surface area contributed by atoms with E-state index in [0.29, 0.717) is 13.1 Å². The summed E-state index contributed by atoms with van der Waals surface area (Å²) in [6.45, 7) is 4.04. The summed E-state index contributed by atoms with van der Waals surface area (Å²) in [6, 6.07) is 0. The van der Waals surface area contributed by atoms with Crippen molar-refractivity contribution in [1.82, 2.24) is 5.32 Å². The van der Waals surface area contributed by atoms with Gasteiger partial charge in [0, 0.05) is 19.6 Å². The first-order chi connectivity index (χ1) is 4.31. The Hall–Kier alpha value is -0.120. The lowest BCUT2D eigenvalue weighted by Crippen LogP contribution is -2.30. The van der Waals surface area contributed by atoms with Crippen LogP contribution in [0, 0.1) is 0 Å². The molecular formula is C6H16N2O. The van der Waals surface area contributed by atoms with Crippen LogP contribution in [0.4, 0.5) is 0 Å². The zero-order chi connectivity index (χ0) is 7.11. The largest absolute Gasteiger partial charge is 0.392 e. The van der Waals surface area contributed by atoms with Crippen LogP contribution in [-0.4, -0.2) is 30.8 Å². The van der Waals surface area contributed by atoms with Gasteiger partial charge in [-0.05, 0) is 6.42 Å². The van der Waals surface area contributed by atoms with Gasteiger partial charge in [0.15, 0.2) is 0 Å². The van der Waals surface area contributed by atoms with Crippen LogP contribution in [0.15, 0.2) is 0 Å². The predicted molar refractivity (Wildman–Crippen MR) is 38.2 cm³/mol. The van der Waals surface area contributed by atoms with Crippen molar-refractivity contribution in [1.29, 1.82) is 0 Å². The molecule has 0 saturated carbocycles. The number of hydrogen-bond acceptors (Lipinski definition) is 3. The standard InChI is InChI=1S/C6H16N2O/c1-2-6(9)5-8-4-3-7/h6,8-9H,2-5,7H2,1H3/t6-/m0/s1. The monoisotopic (exact) mass is 132 g/mol. The van der Waals surface area contributed by atoms with Crippen LogP contribution < -0.4 is 11.1 Å². The highest BCUT2D eigenvalue weighted by atomic mass is 16.3. The third-order valence-corrected chi connectivity index (χ3v) is 1.17. The average Bonchev–Trinajstić information content (AvgIpc) is 1.89. The molecule has 0 saturated heterocycles. The molecule has 0 unspecified atom stereocenters. The van der Waals surface area contributed by atoms with Crippen LogP contribution in [0.3, 0.4) is 0 Å². The van der Waals surface area contributed by atoms with Gasteiger partial charge in [0.25, 0.3) is 0 Å². The zero-order valence-corrected chi connectivity index (χ0v) is 5.93. The highest BCUT2D eigenvalue weighted by Gasteiger charge is 1.96. The van der Waals surface area contributed by atoms with Crippen LogP contribution in [0.5, 0.6) is 0 Å². The molecule has 0 amide bonds. The summed E-state index contributed by atoms with van der Waals surface area (Å²) in [5.41, 5.74) is 5.21. The first-order valence-electron chi connectivity index (χ1n) is 3.40. The lowest BCUT2D eigenvalue weighted by atomic mass is 10.3. The minimum atomic E-state index is -0.212. The van der Waals surface area contributed by atoms with Crippen LogP contribution >= 0.6 is 0 Å². The van der Waals surface area contributed by atoms with Gasteiger partial charge >= 0.3 is 0 Å². The van der Waals surface area contributed by atoms with Crippen molar-refractivity contribution < 1.29 is 5.11 Å². The molecule has 0 aliphatic carbocycles. The van der Waals surface area contributed by atoms with Gasteiger partial charge in [-0.3, -0.25) is 0 Å². The molecule has 0 aliphatic heterocycles. The third kappa shape index (κ3) is 5.76. The Bertz CT molecular complexity index is 59.0. The lowest BCUT2D eigenvalue weighted by Gasteiger charge is -2.07. The summed E-state index contributed by atoms with van der Waals surface area (Å²) < 4.78 is 0. The van der Waals surface area contributed by atoms with E-state index in [1.54, 1.807) is 0 Å². The molecule has 0 aromatic heterocycles. The van der Waals surface area contributed by atoms with Gasteiger partial charge in [0.05, 0.1) is 6.10 Å². The van der Waals surface area contributed by atoms with E-state index in [9.17, 15) is 0 Å². The number of nitrogens with one attached hydrogen (secondary N) is 1. The quantitative estimate of drug-likeness (QED) is 0.434. The van der Waals surface area contributed by atoms with Crippen molar-refractivity contribution in [3.05, 3.63) is 0 Å². The van der Waals surface area contributed by atoms with Crippen LogP contribution in [0.2, 0.25) is 0 Å². The highest BCUT2D eigenvalue weighted by molar-refractivity contribution is 4.55. The maximum Gasteiger partial charge on any atom is 0.0662 e. The molecular weight excluding hydrogens is 116 g/mol. The van der Waals surface area contributed by atoms with Crippen molar-refractivity contribution in [3.63, 3.8) is 0 Å². The van der Waals surface area contributed by atoms with Gasteiger partial charge in [0.1, 0.15) is 0 Å². The molecule has 0 spiro atoms. The van der Waals surface area contributed by atoms with E-state index in [1.165, 1.54) is 0 Å². The molecule has 1 atom stereocenters. The Kier molecular flexibility index (Phi) is 5.93. The van der Waals surface area contributed by atoms with E-state index in [0.717, 1.165) is 13.0 Å². The molecule has 56 valence electrons. The van der Waals surface area contributed by atoms with E-state index in [4.69, 9.17) is 10.8 Å².